The Labute approximate surface area is 159 Å². The molecule has 0 bridgehead atoms. The van der Waals surface area contributed by atoms with Gasteiger partial charge in [-0.05, 0) is 46.7 Å². The Morgan fingerprint density at radius 3 is 2.30 bits per heavy atom. The van der Waals surface area contributed by atoms with Gasteiger partial charge in [0.2, 0.25) is 0 Å². The van der Waals surface area contributed by atoms with E-state index < -0.39 is 0 Å². The molecular formula is C22H25N3O2. The number of aromatic hydroxyl groups is 1. The summed E-state index contributed by atoms with van der Waals surface area (Å²) in [6, 6.07) is 13.9. The lowest BCUT2D eigenvalue weighted by Gasteiger charge is -2.35. The summed E-state index contributed by atoms with van der Waals surface area (Å²) in [5.74, 6) is 1.17. The number of rotatable bonds is 5. The molecule has 3 aromatic rings. The van der Waals surface area contributed by atoms with E-state index in [-0.39, 0.29) is 0 Å². The fourth-order valence-corrected chi connectivity index (χ4v) is 3.72. The maximum atomic E-state index is 10.5. The lowest BCUT2D eigenvalue weighted by atomic mass is 10.0. The number of phenolic OH excluding ortho intramolecular Hbond substituents is 1. The summed E-state index contributed by atoms with van der Waals surface area (Å²) in [6.45, 7) is 5.75. The minimum absolute atomic E-state index is 0.356. The van der Waals surface area contributed by atoms with Crippen LogP contribution in [0.4, 0.5) is 0 Å². The average Bonchev–Trinajstić information content (AvgIpc) is 2.72. The van der Waals surface area contributed by atoms with Crippen molar-refractivity contribution >= 4 is 10.8 Å². The van der Waals surface area contributed by atoms with Crippen LogP contribution in [-0.4, -0.2) is 53.2 Å². The summed E-state index contributed by atoms with van der Waals surface area (Å²) in [4.78, 5) is 8.97. The predicted molar refractivity (Wildman–Crippen MR) is 107 cm³/mol. The number of nitrogens with zero attached hydrogens (tertiary/aromatic N) is 3. The Bertz CT molecular complexity index is 906. The zero-order valence-electron chi connectivity index (χ0n) is 15.6. The van der Waals surface area contributed by atoms with E-state index in [0.29, 0.717) is 5.75 Å². The topological polar surface area (TPSA) is 48.8 Å². The van der Waals surface area contributed by atoms with Crippen molar-refractivity contribution in [3.05, 3.63) is 66.0 Å². The van der Waals surface area contributed by atoms with E-state index in [0.717, 1.165) is 61.4 Å². The highest BCUT2D eigenvalue weighted by Crippen LogP contribution is 2.31. The first-order chi connectivity index (χ1) is 13.2. The van der Waals surface area contributed by atoms with Gasteiger partial charge >= 0.3 is 0 Å². The smallest absolute Gasteiger partial charge is 0.120 e. The van der Waals surface area contributed by atoms with Gasteiger partial charge in [-0.3, -0.25) is 14.8 Å². The van der Waals surface area contributed by atoms with Crippen molar-refractivity contribution in [2.24, 2.45) is 0 Å². The highest BCUT2D eigenvalue weighted by atomic mass is 16.5. The van der Waals surface area contributed by atoms with Crippen LogP contribution in [0.2, 0.25) is 0 Å². The first-order valence-electron chi connectivity index (χ1n) is 9.35. The first-order valence-corrected chi connectivity index (χ1v) is 9.35. The number of benzene rings is 2. The zero-order chi connectivity index (χ0) is 18.6. The van der Waals surface area contributed by atoms with Gasteiger partial charge in [-0.1, -0.05) is 12.1 Å². The Morgan fingerprint density at radius 2 is 1.59 bits per heavy atom. The molecule has 0 radical (unpaired) electrons. The second-order valence-electron chi connectivity index (χ2n) is 7.06. The van der Waals surface area contributed by atoms with Crippen LogP contribution in [0, 0.1) is 0 Å². The Balaban J connectivity index is 1.45. The van der Waals surface area contributed by atoms with Crippen LogP contribution in [0.5, 0.6) is 11.5 Å². The van der Waals surface area contributed by atoms with Crippen LogP contribution >= 0.6 is 0 Å². The molecule has 4 rings (SSSR count). The molecule has 1 aliphatic rings. The summed E-state index contributed by atoms with van der Waals surface area (Å²) >= 11 is 0. The zero-order valence-corrected chi connectivity index (χ0v) is 15.6. The molecule has 0 unspecified atom stereocenters. The molecule has 5 heteroatoms. The molecule has 1 N–H and O–H groups in total. The quantitative estimate of drug-likeness (QED) is 0.754. The van der Waals surface area contributed by atoms with Gasteiger partial charge in [-0.15, -0.1) is 0 Å². The molecule has 2 heterocycles. The van der Waals surface area contributed by atoms with Gasteiger partial charge in [-0.2, -0.15) is 0 Å². The molecule has 0 saturated carbocycles. The van der Waals surface area contributed by atoms with Crippen LogP contribution in [-0.2, 0) is 13.1 Å². The summed E-state index contributed by atoms with van der Waals surface area (Å²) in [5, 5.41) is 12.7. The number of pyridine rings is 1. The van der Waals surface area contributed by atoms with Crippen molar-refractivity contribution in [1.29, 1.82) is 0 Å². The van der Waals surface area contributed by atoms with Crippen molar-refractivity contribution in [3.63, 3.8) is 0 Å². The number of hydrogen-bond donors (Lipinski definition) is 1. The van der Waals surface area contributed by atoms with Crippen LogP contribution < -0.4 is 4.74 Å². The molecule has 1 aliphatic heterocycles. The Kier molecular flexibility index (Phi) is 5.23. The van der Waals surface area contributed by atoms with Gasteiger partial charge in [0, 0.05) is 57.2 Å². The number of ether oxygens (including phenoxy) is 1. The molecule has 27 heavy (non-hydrogen) atoms. The molecular weight excluding hydrogens is 338 g/mol. The number of hydrogen-bond acceptors (Lipinski definition) is 5. The normalized spacial score (nSPS) is 15.9. The molecule has 1 aromatic heterocycles. The van der Waals surface area contributed by atoms with Gasteiger partial charge in [0.25, 0.3) is 0 Å². The Hall–Kier alpha value is -2.63. The van der Waals surface area contributed by atoms with Crippen molar-refractivity contribution < 1.29 is 9.84 Å². The number of piperazine rings is 1. The van der Waals surface area contributed by atoms with Crippen molar-refractivity contribution in [3.8, 4) is 11.5 Å². The van der Waals surface area contributed by atoms with E-state index in [9.17, 15) is 5.11 Å². The third-order valence-corrected chi connectivity index (χ3v) is 5.32. The van der Waals surface area contributed by atoms with Crippen molar-refractivity contribution in [2.45, 2.75) is 13.1 Å². The van der Waals surface area contributed by atoms with Crippen LogP contribution in [0.15, 0.2) is 54.9 Å². The van der Waals surface area contributed by atoms with E-state index in [4.69, 9.17) is 4.74 Å². The van der Waals surface area contributed by atoms with Crippen LogP contribution in [0.3, 0.4) is 0 Å². The number of phenols is 1. The van der Waals surface area contributed by atoms with Gasteiger partial charge in [0.05, 0.1) is 7.11 Å². The molecule has 140 valence electrons. The maximum absolute atomic E-state index is 10.5. The van der Waals surface area contributed by atoms with Crippen molar-refractivity contribution in [1.82, 2.24) is 14.8 Å². The summed E-state index contributed by atoms with van der Waals surface area (Å²) in [6.07, 6.45) is 3.70. The standard InChI is InChI=1S/C22H25N3O2/c1-27-19-4-2-18-3-5-22(26)21(20(18)14-19)16-25-12-10-24(11-13-25)15-17-6-8-23-9-7-17/h2-9,14,26H,10-13,15-16H2,1H3. The number of methoxy groups -OCH3 is 1. The molecule has 0 atom stereocenters. The fourth-order valence-electron chi connectivity index (χ4n) is 3.72. The minimum Gasteiger partial charge on any atom is -0.508 e. The van der Waals surface area contributed by atoms with Crippen LogP contribution in [0.25, 0.3) is 10.8 Å². The predicted octanol–water partition coefficient (Wildman–Crippen LogP) is 3.27. The summed E-state index contributed by atoms with van der Waals surface area (Å²) in [7, 11) is 1.67. The van der Waals surface area contributed by atoms with Crippen molar-refractivity contribution in [2.75, 3.05) is 33.3 Å². The maximum Gasteiger partial charge on any atom is 0.120 e. The molecule has 2 aromatic carbocycles. The summed E-state index contributed by atoms with van der Waals surface area (Å²) in [5.41, 5.74) is 2.28. The third kappa shape index (κ3) is 4.04. The van der Waals surface area contributed by atoms with Gasteiger partial charge < -0.3 is 9.84 Å². The highest BCUT2D eigenvalue weighted by molar-refractivity contribution is 5.88. The highest BCUT2D eigenvalue weighted by Gasteiger charge is 2.19. The molecule has 1 fully saturated rings. The van der Waals surface area contributed by atoms with E-state index in [2.05, 4.69) is 26.9 Å². The van der Waals surface area contributed by atoms with Gasteiger partial charge in [-0.25, -0.2) is 0 Å². The molecule has 0 aliphatic carbocycles. The molecule has 0 spiro atoms. The monoisotopic (exact) mass is 363 g/mol. The van der Waals surface area contributed by atoms with E-state index in [1.165, 1.54) is 5.56 Å². The average molecular weight is 363 g/mol. The third-order valence-electron chi connectivity index (χ3n) is 5.32. The van der Waals surface area contributed by atoms with Crippen LogP contribution in [0.1, 0.15) is 11.1 Å². The molecule has 0 amide bonds. The largest absolute Gasteiger partial charge is 0.508 e. The summed E-state index contributed by atoms with van der Waals surface area (Å²) < 4.78 is 5.37. The van der Waals surface area contributed by atoms with E-state index in [1.807, 2.05) is 36.7 Å². The lowest BCUT2D eigenvalue weighted by molar-refractivity contribution is 0.121. The second kappa shape index (κ2) is 7.94. The van der Waals surface area contributed by atoms with Gasteiger partial charge in [0.1, 0.15) is 11.5 Å². The first kappa shape index (κ1) is 17.8. The number of aromatic nitrogens is 1. The fraction of sp³-hybridized carbons (Fsp3) is 0.318. The Morgan fingerprint density at radius 1 is 0.926 bits per heavy atom. The molecule has 5 nitrogen and oxygen atoms in total. The minimum atomic E-state index is 0.356. The second-order valence-corrected chi connectivity index (χ2v) is 7.06. The van der Waals surface area contributed by atoms with E-state index in [1.54, 1.807) is 13.2 Å². The SMILES string of the molecule is COc1ccc2ccc(O)c(CN3CCN(Cc4ccncc4)CC3)c2c1. The van der Waals surface area contributed by atoms with Gasteiger partial charge in [0.15, 0.2) is 0 Å². The lowest BCUT2D eigenvalue weighted by Crippen LogP contribution is -2.45. The molecule has 1 saturated heterocycles. The van der Waals surface area contributed by atoms with E-state index >= 15 is 0 Å². The number of fused-ring (bicyclic) bond motifs is 1.